The average molecular weight is 488 g/mol. The molecule has 1 unspecified atom stereocenters. The minimum Gasteiger partial charge on any atom is -0.370 e. The number of primary amides is 1. The van der Waals surface area contributed by atoms with Gasteiger partial charge in [-0.15, -0.1) is 24.0 Å². The van der Waals surface area contributed by atoms with Gasteiger partial charge in [-0.2, -0.15) is 5.10 Å². The normalized spacial score (nSPS) is 21.1. The van der Waals surface area contributed by atoms with Crippen LogP contribution in [0, 0.1) is 5.92 Å². The van der Waals surface area contributed by atoms with E-state index in [1.807, 2.05) is 0 Å². The Hall–Kier alpha value is -1.32. The molecule has 7 nitrogen and oxygen atoms in total. The first-order chi connectivity index (χ1) is 12.7. The Labute approximate surface area is 179 Å². The zero-order valence-electron chi connectivity index (χ0n) is 16.3. The Bertz CT molecular complexity index is 625. The fourth-order valence-corrected chi connectivity index (χ4v) is 4.12. The van der Waals surface area contributed by atoms with Crippen LogP contribution in [0.2, 0.25) is 0 Å². The summed E-state index contributed by atoms with van der Waals surface area (Å²) in [4.78, 5) is 18.3. The van der Waals surface area contributed by atoms with Crippen LogP contribution >= 0.6 is 24.0 Å². The van der Waals surface area contributed by atoms with Crippen LogP contribution in [0.5, 0.6) is 0 Å². The smallest absolute Gasteiger partial charge is 0.217 e. The lowest BCUT2D eigenvalue weighted by Gasteiger charge is -2.34. The number of nitrogens with zero attached hydrogens (tertiary/aromatic N) is 4. The second-order valence-electron chi connectivity index (χ2n) is 7.52. The van der Waals surface area contributed by atoms with Crippen LogP contribution in [0.15, 0.2) is 17.3 Å². The van der Waals surface area contributed by atoms with E-state index in [0.717, 1.165) is 44.1 Å². The summed E-state index contributed by atoms with van der Waals surface area (Å²) in [6.45, 7) is 5.30. The average Bonchev–Trinajstić information content (AvgIpc) is 3.29. The van der Waals surface area contributed by atoms with Crippen molar-refractivity contribution in [3.8, 4) is 0 Å². The minimum atomic E-state index is -0.212. The van der Waals surface area contributed by atoms with Gasteiger partial charge >= 0.3 is 0 Å². The summed E-state index contributed by atoms with van der Waals surface area (Å²) in [5, 5.41) is 8.11. The number of guanidine groups is 1. The number of rotatable bonds is 6. The van der Waals surface area contributed by atoms with Gasteiger partial charge in [-0.05, 0) is 44.6 Å². The number of aromatic nitrogens is 2. The lowest BCUT2D eigenvalue weighted by Crippen LogP contribution is -2.47. The highest BCUT2D eigenvalue weighted by Crippen LogP contribution is 2.28. The summed E-state index contributed by atoms with van der Waals surface area (Å²) in [7, 11) is 0. The third-order valence-corrected chi connectivity index (χ3v) is 5.40. The molecule has 0 spiro atoms. The molecule has 2 heterocycles. The van der Waals surface area contributed by atoms with Crippen molar-refractivity contribution in [2.45, 2.75) is 64.5 Å². The molecule has 1 saturated carbocycles. The molecule has 3 rings (SSSR count). The summed E-state index contributed by atoms with van der Waals surface area (Å²) in [5.74, 6) is 1.03. The molecule has 27 heavy (non-hydrogen) atoms. The lowest BCUT2D eigenvalue weighted by atomic mass is 9.95. The van der Waals surface area contributed by atoms with E-state index < -0.39 is 0 Å². The zero-order valence-corrected chi connectivity index (χ0v) is 18.6. The molecule has 152 valence electrons. The summed E-state index contributed by atoms with van der Waals surface area (Å²) in [6.07, 6.45) is 9.78. The Balaban J connectivity index is 0.00000261. The van der Waals surface area contributed by atoms with E-state index in [9.17, 15) is 4.79 Å². The van der Waals surface area contributed by atoms with Crippen molar-refractivity contribution in [2.24, 2.45) is 16.6 Å². The van der Waals surface area contributed by atoms with E-state index in [1.54, 1.807) is 0 Å². The van der Waals surface area contributed by atoms with Crippen LogP contribution in [0.4, 0.5) is 0 Å². The number of piperidine rings is 1. The zero-order chi connectivity index (χ0) is 18.4. The first kappa shape index (κ1) is 22.0. The van der Waals surface area contributed by atoms with Crippen molar-refractivity contribution >= 4 is 35.8 Å². The van der Waals surface area contributed by atoms with E-state index >= 15 is 0 Å². The highest BCUT2D eigenvalue weighted by atomic mass is 127. The molecule has 1 atom stereocenters. The van der Waals surface area contributed by atoms with E-state index in [4.69, 9.17) is 15.8 Å². The molecular formula is C19H33IN6O. The van der Waals surface area contributed by atoms with Gasteiger partial charge in [0.15, 0.2) is 5.96 Å². The van der Waals surface area contributed by atoms with Crippen LogP contribution in [0.25, 0.3) is 0 Å². The molecule has 0 bridgehead atoms. The highest BCUT2D eigenvalue weighted by molar-refractivity contribution is 14.0. The van der Waals surface area contributed by atoms with Crippen molar-refractivity contribution in [2.75, 3.05) is 19.6 Å². The lowest BCUT2D eigenvalue weighted by molar-refractivity contribution is -0.119. The number of hydrogen-bond acceptors (Lipinski definition) is 3. The molecule has 1 amide bonds. The number of nitrogens with one attached hydrogen (secondary N) is 1. The van der Waals surface area contributed by atoms with E-state index in [0.29, 0.717) is 24.9 Å². The molecule has 1 aliphatic heterocycles. The second-order valence-corrected chi connectivity index (χ2v) is 7.52. The number of halogens is 1. The molecule has 1 saturated heterocycles. The van der Waals surface area contributed by atoms with Crippen molar-refractivity contribution in [3.05, 3.63) is 18.0 Å². The molecule has 1 aliphatic carbocycles. The van der Waals surface area contributed by atoms with Crippen molar-refractivity contribution in [3.63, 3.8) is 0 Å². The van der Waals surface area contributed by atoms with Gasteiger partial charge in [0.05, 0.1) is 18.3 Å². The van der Waals surface area contributed by atoms with Crippen molar-refractivity contribution < 1.29 is 4.79 Å². The fourth-order valence-electron chi connectivity index (χ4n) is 4.12. The third kappa shape index (κ3) is 6.36. The van der Waals surface area contributed by atoms with Gasteiger partial charge < -0.3 is 16.0 Å². The molecule has 2 aliphatic rings. The Morgan fingerprint density at radius 2 is 2.11 bits per heavy atom. The molecule has 2 fully saturated rings. The van der Waals surface area contributed by atoms with Crippen molar-refractivity contribution in [1.82, 2.24) is 20.0 Å². The maximum atomic E-state index is 11.2. The van der Waals surface area contributed by atoms with E-state index in [-0.39, 0.29) is 29.9 Å². The van der Waals surface area contributed by atoms with Crippen LogP contribution < -0.4 is 11.1 Å². The monoisotopic (exact) mass is 488 g/mol. The first-order valence-electron chi connectivity index (χ1n) is 10.0. The highest BCUT2D eigenvalue weighted by Gasteiger charge is 2.23. The Morgan fingerprint density at radius 1 is 1.33 bits per heavy atom. The van der Waals surface area contributed by atoms with Crippen molar-refractivity contribution in [1.29, 1.82) is 0 Å². The molecular weight excluding hydrogens is 455 g/mol. The number of nitrogens with two attached hydrogens (primary N) is 1. The Morgan fingerprint density at radius 3 is 2.81 bits per heavy atom. The minimum absolute atomic E-state index is 0. The predicted octanol–water partition coefficient (Wildman–Crippen LogP) is 2.67. The second kappa shape index (κ2) is 10.9. The van der Waals surface area contributed by atoms with Crippen LogP contribution in [0.1, 0.15) is 63.6 Å². The number of carbonyl (C=O) groups is 1. The standard InChI is InChI=1S/C19H32N6O.HI/c1-2-21-19(24-10-5-6-15(14-24)12-18(20)26)22-13-16-9-11-25(23-16)17-7-3-4-8-17;/h9,11,15,17H,2-8,10,12-14H2,1H3,(H2,20,26)(H,21,22);1H. The molecule has 3 N–H and O–H groups in total. The van der Waals surface area contributed by atoms with E-state index in [1.165, 1.54) is 25.7 Å². The van der Waals surface area contributed by atoms with Crippen LogP contribution in [-0.4, -0.2) is 46.2 Å². The van der Waals surface area contributed by atoms with Gasteiger partial charge in [0.25, 0.3) is 0 Å². The van der Waals surface area contributed by atoms with Gasteiger partial charge in [-0.25, -0.2) is 4.99 Å². The summed E-state index contributed by atoms with van der Waals surface area (Å²) in [6, 6.07) is 2.65. The summed E-state index contributed by atoms with van der Waals surface area (Å²) < 4.78 is 2.12. The summed E-state index contributed by atoms with van der Waals surface area (Å²) >= 11 is 0. The molecule has 1 aromatic heterocycles. The third-order valence-electron chi connectivity index (χ3n) is 5.40. The van der Waals surface area contributed by atoms with Gasteiger partial charge in [-0.1, -0.05) is 12.8 Å². The maximum Gasteiger partial charge on any atom is 0.217 e. The van der Waals surface area contributed by atoms with Crippen LogP contribution in [-0.2, 0) is 11.3 Å². The first-order valence-corrected chi connectivity index (χ1v) is 10.0. The molecule has 1 aromatic rings. The number of hydrogen-bond donors (Lipinski definition) is 2. The topological polar surface area (TPSA) is 88.5 Å². The predicted molar refractivity (Wildman–Crippen MR) is 118 cm³/mol. The Kier molecular flexibility index (Phi) is 8.85. The number of amides is 1. The van der Waals surface area contributed by atoms with E-state index in [2.05, 4.69) is 34.1 Å². The maximum absolute atomic E-state index is 11.2. The summed E-state index contributed by atoms with van der Waals surface area (Å²) in [5.41, 5.74) is 6.39. The largest absolute Gasteiger partial charge is 0.370 e. The van der Waals surface area contributed by atoms with Gasteiger partial charge in [0.1, 0.15) is 0 Å². The van der Waals surface area contributed by atoms with Crippen LogP contribution in [0.3, 0.4) is 0 Å². The fraction of sp³-hybridized carbons (Fsp3) is 0.737. The molecule has 8 heteroatoms. The number of aliphatic imine (C=N–C) groups is 1. The van der Waals surface area contributed by atoms with Gasteiger partial charge in [0, 0.05) is 32.3 Å². The quantitative estimate of drug-likeness (QED) is 0.366. The SMILES string of the molecule is CCNC(=NCc1ccn(C2CCCC2)n1)N1CCCC(CC(N)=O)C1.I. The molecule has 0 radical (unpaired) electrons. The number of likely N-dealkylation sites (tertiary alicyclic amines) is 1. The van der Waals surface area contributed by atoms with Gasteiger partial charge in [0.2, 0.25) is 5.91 Å². The molecule has 0 aromatic carbocycles. The number of carbonyl (C=O) groups excluding carboxylic acids is 1. The van der Waals surface area contributed by atoms with Gasteiger partial charge in [-0.3, -0.25) is 9.48 Å².